The highest BCUT2D eigenvalue weighted by atomic mass is 35.5. The van der Waals surface area contributed by atoms with Gasteiger partial charge in [0, 0.05) is 0 Å². The van der Waals surface area contributed by atoms with Crippen molar-refractivity contribution in [2.24, 2.45) is 5.73 Å². The molecule has 0 unspecified atom stereocenters. The monoisotopic (exact) mass is 273 g/mol. The molecule has 7 heteroatoms. The highest BCUT2D eigenvalue weighted by molar-refractivity contribution is 5.85. The summed E-state index contributed by atoms with van der Waals surface area (Å²) in [6, 6.07) is 0.997. The third-order valence-electron chi connectivity index (χ3n) is 2.20. The van der Waals surface area contributed by atoms with Gasteiger partial charge in [0.15, 0.2) is 0 Å². The summed E-state index contributed by atoms with van der Waals surface area (Å²) in [5.41, 5.74) is 3.95. The van der Waals surface area contributed by atoms with E-state index in [1.54, 1.807) is 0 Å². The van der Waals surface area contributed by atoms with Gasteiger partial charge in [-0.25, -0.2) is 4.39 Å². The Kier molecular flexibility index (Phi) is 5.38. The van der Waals surface area contributed by atoms with Crippen LogP contribution in [0.25, 0.3) is 0 Å². The largest absolute Gasteiger partial charge is 0.416 e. The molecular weight excluding hydrogens is 262 g/mol. The van der Waals surface area contributed by atoms with E-state index in [4.69, 9.17) is 10.8 Å². The summed E-state index contributed by atoms with van der Waals surface area (Å²) in [6.45, 7) is 1.27. The number of hydrogen-bond acceptors (Lipinski definition) is 2. The lowest BCUT2D eigenvalue weighted by Crippen LogP contribution is -2.26. The van der Waals surface area contributed by atoms with Crippen LogP contribution in [0.3, 0.4) is 0 Å². The molecule has 1 aromatic carbocycles. The second-order valence-electron chi connectivity index (χ2n) is 3.50. The number of aliphatic hydroxyl groups is 1. The summed E-state index contributed by atoms with van der Waals surface area (Å²) >= 11 is 0. The van der Waals surface area contributed by atoms with Crippen molar-refractivity contribution in [3.63, 3.8) is 0 Å². The lowest BCUT2D eigenvalue weighted by Gasteiger charge is -2.20. The number of rotatable bonds is 2. The van der Waals surface area contributed by atoms with E-state index in [0.717, 1.165) is 12.1 Å². The van der Waals surface area contributed by atoms with Crippen molar-refractivity contribution in [2.75, 3.05) is 0 Å². The van der Waals surface area contributed by atoms with E-state index in [9.17, 15) is 17.6 Å². The topological polar surface area (TPSA) is 46.2 Å². The van der Waals surface area contributed by atoms with Crippen molar-refractivity contribution >= 4 is 12.4 Å². The molecule has 2 nitrogen and oxygen atoms in total. The van der Waals surface area contributed by atoms with Crippen LogP contribution in [0.5, 0.6) is 0 Å². The number of alkyl halides is 3. The fourth-order valence-corrected chi connectivity index (χ4v) is 1.32. The minimum Gasteiger partial charge on any atom is -0.391 e. The number of nitrogens with two attached hydrogens (primary N) is 1. The first-order valence-corrected chi connectivity index (χ1v) is 4.53. The summed E-state index contributed by atoms with van der Waals surface area (Å²) in [5, 5.41) is 9.15. The van der Waals surface area contributed by atoms with Crippen molar-refractivity contribution < 1.29 is 22.7 Å². The molecule has 0 fully saturated rings. The van der Waals surface area contributed by atoms with E-state index in [2.05, 4.69) is 0 Å². The molecular formula is C10H12ClF4NO. The van der Waals surface area contributed by atoms with Crippen molar-refractivity contribution in [3.8, 4) is 0 Å². The summed E-state index contributed by atoms with van der Waals surface area (Å²) < 4.78 is 50.4. The van der Waals surface area contributed by atoms with E-state index < -0.39 is 29.7 Å². The molecule has 98 valence electrons. The highest BCUT2D eigenvalue weighted by Gasteiger charge is 2.35. The van der Waals surface area contributed by atoms with Crippen molar-refractivity contribution in [3.05, 3.63) is 35.1 Å². The molecule has 0 radical (unpaired) electrons. The SMILES string of the molecule is C[C@H](O)[C@H](N)c1ccc(F)cc1C(F)(F)F.Cl. The van der Waals surface area contributed by atoms with Crippen LogP contribution in [0.4, 0.5) is 17.6 Å². The van der Waals surface area contributed by atoms with Crippen molar-refractivity contribution in [2.45, 2.75) is 25.2 Å². The average Bonchev–Trinajstić information content (AvgIpc) is 2.15. The Morgan fingerprint density at radius 2 is 1.82 bits per heavy atom. The van der Waals surface area contributed by atoms with Gasteiger partial charge in [0.25, 0.3) is 0 Å². The molecule has 0 bridgehead atoms. The van der Waals surface area contributed by atoms with E-state index in [1.807, 2.05) is 0 Å². The number of benzene rings is 1. The van der Waals surface area contributed by atoms with Crippen LogP contribution in [-0.2, 0) is 6.18 Å². The number of aliphatic hydroxyl groups excluding tert-OH is 1. The van der Waals surface area contributed by atoms with Gasteiger partial charge in [-0.2, -0.15) is 13.2 Å². The molecule has 0 saturated heterocycles. The first-order chi connectivity index (χ1) is 7.23. The van der Waals surface area contributed by atoms with E-state index in [-0.39, 0.29) is 18.0 Å². The van der Waals surface area contributed by atoms with Crippen LogP contribution in [0.15, 0.2) is 18.2 Å². The van der Waals surface area contributed by atoms with Gasteiger partial charge in [-0.15, -0.1) is 12.4 Å². The van der Waals surface area contributed by atoms with Gasteiger partial charge in [-0.05, 0) is 24.6 Å². The van der Waals surface area contributed by atoms with Crippen molar-refractivity contribution in [1.29, 1.82) is 0 Å². The van der Waals surface area contributed by atoms with Crippen LogP contribution in [0, 0.1) is 5.82 Å². The normalized spacial score (nSPS) is 15.0. The first-order valence-electron chi connectivity index (χ1n) is 4.53. The Bertz CT molecular complexity index is 381. The smallest absolute Gasteiger partial charge is 0.391 e. The molecule has 3 N–H and O–H groups in total. The second-order valence-corrected chi connectivity index (χ2v) is 3.50. The minimum absolute atomic E-state index is 0. The van der Waals surface area contributed by atoms with Gasteiger partial charge in [-0.1, -0.05) is 6.07 Å². The Hall–Kier alpha value is -0.850. The maximum absolute atomic E-state index is 12.7. The molecule has 0 spiro atoms. The molecule has 1 rings (SSSR count). The summed E-state index contributed by atoms with van der Waals surface area (Å²) in [6.07, 6.45) is -5.84. The molecule has 0 aromatic heterocycles. The Morgan fingerprint density at radius 1 is 1.29 bits per heavy atom. The zero-order valence-corrected chi connectivity index (χ0v) is 9.65. The predicted molar refractivity (Wildman–Crippen MR) is 57.3 cm³/mol. The number of hydrogen-bond donors (Lipinski definition) is 2. The molecule has 0 aliphatic heterocycles. The standard InChI is InChI=1S/C10H11F4NO.ClH/c1-5(16)9(15)7-3-2-6(11)4-8(7)10(12,13)14;/h2-5,9,16H,15H2,1H3;1H/t5-,9-;/m0./s1. The molecule has 2 atom stereocenters. The molecule has 0 heterocycles. The Morgan fingerprint density at radius 3 is 2.24 bits per heavy atom. The van der Waals surface area contributed by atoms with Crippen LogP contribution in [0.1, 0.15) is 24.1 Å². The molecule has 0 saturated carbocycles. The molecule has 1 aromatic rings. The molecule has 17 heavy (non-hydrogen) atoms. The van der Waals surface area contributed by atoms with E-state index in [1.165, 1.54) is 6.92 Å². The summed E-state index contributed by atoms with van der Waals surface area (Å²) in [4.78, 5) is 0. The fourth-order valence-electron chi connectivity index (χ4n) is 1.32. The molecule has 0 amide bonds. The Labute approximate surface area is 102 Å². The summed E-state index contributed by atoms with van der Waals surface area (Å²) in [5.74, 6) is -0.992. The molecule has 0 aliphatic carbocycles. The van der Waals surface area contributed by atoms with Crippen LogP contribution < -0.4 is 5.73 Å². The zero-order valence-electron chi connectivity index (χ0n) is 8.83. The number of halogens is 5. The van der Waals surface area contributed by atoms with Crippen molar-refractivity contribution in [1.82, 2.24) is 0 Å². The fraction of sp³-hybridized carbons (Fsp3) is 0.400. The van der Waals surface area contributed by atoms with E-state index >= 15 is 0 Å². The quantitative estimate of drug-likeness (QED) is 0.814. The van der Waals surface area contributed by atoms with Crippen LogP contribution >= 0.6 is 12.4 Å². The maximum atomic E-state index is 12.7. The predicted octanol–water partition coefficient (Wildman–Crippen LogP) is 2.65. The highest BCUT2D eigenvalue weighted by Crippen LogP contribution is 2.35. The van der Waals surface area contributed by atoms with Gasteiger partial charge in [0.1, 0.15) is 5.82 Å². The average molecular weight is 274 g/mol. The third kappa shape index (κ3) is 3.83. The first kappa shape index (κ1) is 16.1. The lowest BCUT2D eigenvalue weighted by molar-refractivity contribution is -0.138. The van der Waals surface area contributed by atoms with E-state index in [0.29, 0.717) is 6.07 Å². The van der Waals surface area contributed by atoms with Gasteiger partial charge in [-0.3, -0.25) is 0 Å². The lowest BCUT2D eigenvalue weighted by atomic mass is 9.97. The zero-order chi connectivity index (χ0) is 12.5. The van der Waals surface area contributed by atoms with Crippen LogP contribution in [-0.4, -0.2) is 11.2 Å². The minimum atomic E-state index is -4.69. The second kappa shape index (κ2) is 5.66. The molecule has 0 aliphatic rings. The van der Waals surface area contributed by atoms with Gasteiger partial charge < -0.3 is 10.8 Å². The van der Waals surface area contributed by atoms with Gasteiger partial charge in [0.05, 0.1) is 17.7 Å². The maximum Gasteiger partial charge on any atom is 0.416 e. The van der Waals surface area contributed by atoms with Gasteiger partial charge >= 0.3 is 6.18 Å². The third-order valence-corrected chi connectivity index (χ3v) is 2.20. The summed E-state index contributed by atoms with van der Waals surface area (Å²) in [7, 11) is 0. The Balaban J connectivity index is 0.00000256. The van der Waals surface area contributed by atoms with Gasteiger partial charge in [0.2, 0.25) is 0 Å². The van der Waals surface area contributed by atoms with Crippen LogP contribution in [0.2, 0.25) is 0 Å².